The molecule has 0 heterocycles. The van der Waals surface area contributed by atoms with E-state index < -0.39 is 0 Å². The van der Waals surface area contributed by atoms with Crippen LogP contribution < -0.4 is 9.47 Å². The zero-order valence-corrected chi connectivity index (χ0v) is 20.4. The maximum Gasteiger partial charge on any atom is 0.119 e. The van der Waals surface area contributed by atoms with Crippen molar-refractivity contribution in [3.05, 3.63) is 113 Å². The first-order valence-electron chi connectivity index (χ1n) is 11.1. The molecule has 0 bridgehead atoms. The molecule has 0 aliphatic rings. The monoisotopic (exact) mass is 482 g/mol. The van der Waals surface area contributed by atoms with E-state index in [9.17, 15) is 21.0 Å². The van der Waals surface area contributed by atoms with Gasteiger partial charge in [-0.05, 0) is 88.4 Å². The lowest BCUT2D eigenvalue weighted by atomic mass is 9.89. The third kappa shape index (κ3) is 6.12. The summed E-state index contributed by atoms with van der Waals surface area (Å²) >= 11 is 0. The highest BCUT2D eigenvalue weighted by molar-refractivity contribution is 5.81. The van der Waals surface area contributed by atoms with Crippen molar-refractivity contribution < 1.29 is 9.47 Å². The minimum Gasteiger partial charge on any atom is -0.497 e. The lowest BCUT2D eigenvalue weighted by Crippen LogP contribution is -1.99. The van der Waals surface area contributed by atoms with Crippen LogP contribution in [0, 0.1) is 45.3 Å². The molecule has 0 saturated heterocycles. The van der Waals surface area contributed by atoms with E-state index in [1.165, 1.54) is 12.2 Å². The van der Waals surface area contributed by atoms with Crippen LogP contribution in [0.25, 0.3) is 16.7 Å². The van der Waals surface area contributed by atoms with Crippen molar-refractivity contribution >= 4 is 5.57 Å². The molecule has 0 saturated carbocycles. The second kappa shape index (κ2) is 12.2. The highest BCUT2D eigenvalue weighted by Gasteiger charge is 2.15. The molecule has 0 spiro atoms. The first-order valence-corrected chi connectivity index (χ1v) is 11.1. The first kappa shape index (κ1) is 26.1. The van der Waals surface area contributed by atoms with Crippen LogP contribution in [0.15, 0.2) is 85.0 Å². The van der Waals surface area contributed by atoms with Crippen LogP contribution in [0.2, 0.25) is 0 Å². The molecule has 0 atom stereocenters. The molecule has 37 heavy (non-hydrogen) atoms. The van der Waals surface area contributed by atoms with Gasteiger partial charge in [0.05, 0.1) is 55.2 Å². The number of benzene rings is 3. The van der Waals surface area contributed by atoms with E-state index in [0.29, 0.717) is 45.8 Å². The molecule has 0 fully saturated rings. The predicted molar refractivity (Wildman–Crippen MR) is 141 cm³/mol. The van der Waals surface area contributed by atoms with E-state index in [0.717, 1.165) is 22.3 Å². The molecule has 6 heteroatoms. The van der Waals surface area contributed by atoms with Gasteiger partial charge in [0.1, 0.15) is 11.5 Å². The number of hydrogen-bond acceptors (Lipinski definition) is 6. The van der Waals surface area contributed by atoms with Crippen LogP contribution in [-0.2, 0) is 6.42 Å². The Bertz CT molecular complexity index is 1550. The van der Waals surface area contributed by atoms with Crippen molar-refractivity contribution in [3.63, 3.8) is 0 Å². The molecular weight excluding hydrogens is 460 g/mol. The number of hydrogen-bond donors (Lipinski definition) is 0. The summed E-state index contributed by atoms with van der Waals surface area (Å²) in [6.07, 6.45) is 4.87. The van der Waals surface area contributed by atoms with Gasteiger partial charge in [-0.25, -0.2) is 0 Å². The Morgan fingerprint density at radius 3 is 2.00 bits per heavy atom. The molecule has 0 aliphatic carbocycles. The van der Waals surface area contributed by atoms with Gasteiger partial charge in [-0.3, -0.25) is 0 Å². The molecule has 0 unspecified atom stereocenters. The summed E-state index contributed by atoms with van der Waals surface area (Å²) in [5.41, 5.74) is 5.65. The summed E-state index contributed by atoms with van der Waals surface area (Å²) in [6.45, 7) is 3.67. The highest BCUT2D eigenvalue weighted by atomic mass is 16.5. The van der Waals surface area contributed by atoms with Gasteiger partial charge in [0, 0.05) is 6.08 Å². The second-order valence-corrected chi connectivity index (χ2v) is 7.89. The Labute approximate surface area is 216 Å². The van der Waals surface area contributed by atoms with Crippen molar-refractivity contribution in [2.45, 2.75) is 6.42 Å². The van der Waals surface area contributed by atoms with E-state index in [-0.39, 0.29) is 0 Å². The SMILES string of the molecule is C=C/C(C#N)=C\C(=C/C#N)c1cc(OC)ccc1Cc1ccc(OC)cc1-c1cc(C#N)cc(C#N)c1. The Hall–Kier alpha value is -5.56. The van der Waals surface area contributed by atoms with Crippen molar-refractivity contribution in [1.29, 1.82) is 21.0 Å². The van der Waals surface area contributed by atoms with Gasteiger partial charge in [-0.15, -0.1) is 0 Å². The Morgan fingerprint density at radius 1 is 0.838 bits per heavy atom. The smallest absolute Gasteiger partial charge is 0.119 e. The van der Waals surface area contributed by atoms with E-state index >= 15 is 0 Å². The van der Waals surface area contributed by atoms with Crippen LogP contribution in [0.5, 0.6) is 11.5 Å². The van der Waals surface area contributed by atoms with Crippen molar-refractivity contribution in [1.82, 2.24) is 0 Å². The molecule has 0 aromatic heterocycles. The van der Waals surface area contributed by atoms with Crippen LogP contribution in [0.4, 0.5) is 0 Å². The molecule has 3 aromatic rings. The van der Waals surface area contributed by atoms with Gasteiger partial charge in [0.2, 0.25) is 0 Å². The Morgan fingerprint density at radius 2 is 1.46 bits per heavy atom. The van der Waals surface area contributed by atoms with Crippen LogP contribution >= 0.6 is 0 Å². The second-order valence-electron chi connectivity index (χ2n) is 7.89. The van der Waals surface area contributed by atoms with Crippen molar-refractivity contribution in [3.8, 4) is 46.9 Å². The van der Waals surface area contributed by atoms with Crippen molar-refractivity contribution in [2.75, 3.05) is 14.2 Å². The quantitative estimate of drug-likeness (QED) is 0.277. The summed E-state index contributed by atoms with van der Waals surface area (Å²) < 4.78 is 10.9. The summed E-state index contributed by atoms with van der Waals surface area (Å²) in [5, 5.41) is 37.8. The fraction of sp³-hybridized carbons (Fsp3) is 0.0968. The molecule has 178 valence electrons. The molecule has 0 N–H and O–H groups in total. The maximum atomic E-state index is 9.48. The third-order valence-electron chi connectivity index (χ3n) is 5.71. The largest absolute Gasteiger partial charge is 0.497 e. The van der Waals surface area contributed by atoms with Crippen LogP contribution in [-0.4, -0.2) is 14.2 Å². The summed E-state index contributed by atoms with van der Waals surface area (Å²) in [5.74, 6) is 1.23. The average molecular weight is 483 g/mol. The van der Waals surface area contributed by atoms with Gasteiger partial charge < -0.3 is 9.47 Å². The standard InChI is InChI=1S/C31H22N4O2/c1-4-21(18-33)12-26(9-10-32)30-16-28(36-2)7-5-24(30)15-25-6-8-29(37-3)17-31(25)27-13-22(19-34)11-23(14-27)20-35/h4-9,11-14,16-17H,1,15H2,2-3H3/b21-12+,26-9+. The number of nitriles is 4. The van der Waals surface area contributed by atoms with Gasteiger partial charge in [0.15, 0.2) is 0 Å². The van der Waals surface area contributed by atoms with Gasteiger partial charge >= 0.3 is 0 Å². The minimum absolute atomic E-state index is 0.317. The lowest BCUT2D eigenvalue weighted by molar-refractivity contribution is 0.414. The van der Waals surface area contributed by atoms with E-state index in [4.69, 9.17) is 9.47 Å². The fourth-order valence-corrected chi connectivity index (χ4v) is 3.90. The van der Waals surface area contributed by atoms with Crippen LogP contribution in [0.1, 0.15) is 27.8 Å². The lowest BCUT2D eigenvalue weighted by Gasteiger charge is -2.16. The molecular formula is C31H22N4O2. The maximum absolute atomic E-state index is 9.48. The normalized spacial score (nSPS) is 10.9. The zero-order valence-electron chi connectivity index (χ0n) is 20.4. The molecule has 3 rings (SSSR count). The van der Waals surface area contributed by atoms with E-state index in [2.05, 4.69) is 30.9 Å². The number of methoxy groups -OCH3 is 2. The third-order valence-corrected chi connectivity index (χ3v) is 5.71. The molecule has 3 aromatic carbocycles. The summed E-state index contributed by atoms with van der Waals surface area (Å²) in [7, 11) is 3.13. The van der Waals surface area contributed by atoms with Crippen molar-refractivity contribution in [2.24, 2.45) is 0 Å². The highest BCUT2D eigenvalue weighted by Crippen LogP contribution is 2.34. The molecule has 0 amide bonds. The zero-order chi connectivity index (χ0) is 26.8. The molecule has 0 radical (unpaired) electrons. The van der Waals surface area contributed by atoms with Gasteiger partial charge in [-0.1, -0.05) is 24.8 Å². The Balaban J connectivity index is 2.24. The summed E-state index contributed by atoms with van der Waals surface area (Å²) in [6, 6.07) is 24.6. The van der Waals surface area contributed by atoms with Gasteiger partial charge in [-0.2, -0.15) is 21.0 Å². The molecule has 0 aliphatic heterocycles. The Kier molecular flexibility index (Phi) is 8.61. The number of ether oxygens (including phenoxy) is 2. The van der Waals surface area contributed by atoms with E-state index in [1.54, 1.807) is 38.5 Å². The van der Waals surface area contributed by atoms with Crippen LogP contribution in [0.3, 0.4) is 0 Å². The average Bonchev–Trinajstić information content (AvgIpc) is 2.95. The fourth-order valence-electron chi connectivity index (χ4n) is 3.90. The van der Waals surface area contributed by atoms with E-state index in [1.807, 2.05) is 36.4 Å². The number of rotatable bonds is 8. The summed E-state index contributed by atoms with van der Waals surface area (Å²) in [4.78, 5) is 0. The minimum atomic E-state index is 0.317. The topological polar surface area (TPSA) is 114 Å². The first-order chi connectivity index (χ1) is 18.0. The van der Waals surface area contributed by atoms with Gasteiger partial charge in [0.25, 0.3) is 0 Å². The predicted octanol–water partition coefficient (Wildman–Crippen LogP) is 6.25. The number of allylic oxidation sites excluding steroid dienone is 5. The number of nitrogens with zero attached hydrogens (tertiary/aromatic N) is 4. The molecule has 6 nitrogen and oxygen atoms in total.